The fourth-order valence-corrected chi connectivity index (χ4v) is 3.96. The zero-order valence-electron chi connectivity index (χ0n) is 13.6. The molecule has 1 aromatic rings. The molecule has 1 saturated carbocycles. The minimum absolute atomic E-state index is 0.266. The first-order chi connectivity index (χ1) is 11.5. The summed E-state index contributed by atoms with van der Waals surface area (Å²) in [6, 6.07) is 7.46. The number of para-hydroxylation sites is 1. The standard InChI is InChI=1S/C9H15NO2.C9H9NO2/c2*11-9(12)8-5-6-3-1-2-4-7(6)10-8/h6-8,10H,1-5H2,(H,11,12);1-4,8,10H,5H2,(H,11,12). The van der Waals surface area contributed by atoms with E-state index >= 15 is 0 Å². The van der Waals surface area contributed by atoms with E-state index in [4.69, 9.17) is 10.2 Å². The van der Waals surface area contributed by atoms with Crippen LogP contribution < -0.4 is 10.6 Å². The van der Waals surface area contributed by atoms with Crippen molar-refractivity contribution in [3.63, 3.8) is 0 Å². The molecule has 2 fully saturated rings. The van der Waals surface area contributed by atoms with Gasteiger partial charge in [-0.2, -0.15) is 0 Å². The summed E-state index contributed by atoms with van der Waals surface area (Å²) < 4.78 is 0. The molecule has 0 radical (unpaired) electrons. The molecule has 0 bridgehead atoms. The number of carbonyl (C=O) groups is 2. The average Bonchev–Trinajstić information content (AvgIpc) is 3.19. The Bertz CT molecular complexity index is 580. The van der Waals surface area contributed by atoms with E-state index in [1.54, 1.807) is 0 Å². The fraction of sp³-hybridized carbons (Fsp3) is 0.556. The molecule has 0 amide bonds. The van der Waals surface area contributed by atoms with Crippen LogP contribution in [0.1, 0.15) is 37.7 Å². The van der Waals surface area contributed by atoms with Crippen LogP contribution in [0.3, 0.4) is 0 Å². The van der Waals surface area contributed by atoms with Crippen molar-refractivity contribution < 1.29 is 19.8 Å². The monoisotopic (exact) mass is 332 g/mol. The van der Waals surface area contributed by atoms with E-state index in [0.29, 0.717) is 18.4 Å². The lowest BCUT2D eigenvalue weighted by Crippen LogP contribution is -2.36. The molecule has 2 heterocycles. The zero-order valence-corrected chi connectivity index (χ0v) is 13.6. The molecule has 4 N–H and O–H groups in total. The lowest BCUT2D eigenvalue weighted by atomic mass is 9.85. The molecule has 24 heavy (non-hydrogen) atoms. The van der Waals surface area contributed by atoms with Gasteiger partial charge in [0.25, 0.3) is 0 Å². The van der Waals surface area contributed by atoms with Crippen LogP contribution in [0.4, 0.5) is 5.69 Å². The second-order valence-corrected chi connectivity index (χ2v) is 6.84. The Morgan fingerprint density at radius 1 is 1.00 bits per heavy atom. The Hall–Kier alpha value is -2.08. The molecule has 1 saturated heterocycles. The Balaban J connectivity index is 0.000000141. The topological polar surface area (TPSA) is 98.7 Å². The summed E-state index contributed by atoms with van der Waals surface area (Å²) in [7, 11) is 0. The molecule has 3 aliphatic rings. The SMILES string of the molecule is O=C(O)C1CC2CCCCC2N1.O=C(O)C1Cc2ccccc2N1. The minimum Gasteiger partial charge on any atom is -0.480 e. The first-order valence-corrected chi connectivity index (χ1v) is 8.60. The minimum atomic E-state index is -0.786. The van der Waals surface area contributed by atoms with Crippen LogP contribution in [-0.4, -0.2) is 40.3 Å². The maximum atomic E-state index is 10.7. The number of aliphatic carboxylic acids is 2. The van der Waals surface area contributed by atoms with E-state index in [2.05, 4.69) is 10.6 Å². The van der Waals surface area contributed by atoms with Crippen molar-refractivity contribution in [1.29, 1.82) is 0 Å². The molecule has 6 nitrogen and oxygen atoms in total. The van der Waals surface area contributed by atoms with Crippen LogP contribution in [0.2, 0.25) is 0 Å². The predicted molar refractivity (Wildman–Crippen MR) is 90.1 cm³/mol. The van der Waals surface area contributed by atoms with Gasteiger partial charge >= 0.3 is 11.9 Å². The Morgan fingerprint density at radius 3 is 2.38 bits per heavy atom. The van der Waals surface area contributed by atoms with Crippen LogP contribution in [0.15, 0.2) is 24.3 Å². The van der Waals surface area contributed by atoms with Crippen molar-refractivity contribution in [2.75, 3.05) is 5.32 Å². The van der Waals surface area contributed by atoms with Gasteiger partial charge in [-0.3, -0.25) is 4.79 Å². The molecular weight excluding hydrogens is 308 g/mol. The summed E-state index contributed by atoms with van der Waals surface area (Å²) >= 11 is 0. The Kier molecular flexibility index (Phi) is 5.04. The van der Waals surface area contributed by atoms with Gasteiger partial charge in [-0.15, -0.1) is 0 Å². The number of benzene rings is 1. The van der Waals surface area contributed by atoms with Crippen molar-refractivity contribution >= 4 is 17.6 Å². The van der Waals surface area contributed by atoms with Gasteiger partial charge in [-0.05, 0) is 36.8 Å². The Labute approximate surface area is 141 Å². The third-order valence-electron chi connectivity index (χ3n) is 5.23. The van der Waals surface area contributed by atoms with Crippen LogP contribution in [0, 0.1) is 5.92 Å². The summed E-state index contributed by atoms with van der Waals surface area (Å²) in [6.07, 6.45) is 6.39. The van der Waals surface area contributed by atoms with Gasteiger partial charge in [0.05, 0.1) is 0 Å². The van der Waals surface area contributed by atoms with Crippen molar-refractivity contribution in [2.45, 2.75) is 56.7 Å². The number of carboxylic acid groups (broad SMARTS) is 2. The normalized spacial score (nSPS) is 30.3. The van der Waals surface area contributed by atoms with E-state index in [-0.39, 0.29) is 6.04 Å². The second-order valence-electron chi connectivity index (χ2n) is 6.84. The summed E-state index contributed by atoms with van der Waals surface area (Å²) in [6.45, 7) is 0. The van der Waals surface area contributed by atoms with Crippen LogP contribution in [0.5, 0.6) is 0 Å². The van der Waals surface area contributed by atoms with Gasteiger partial charge in [0.1, 0.15) is 12.1 Å². The highest BCUT2D eigenvalue weighted by Crippen LogP contribution is 2.33. The smallest absolute Gasteiger partial charge is 0.326 e. The van der Waals surface area contributed by atoms with E-state index in [0.717, 1.165) is 17.7 Å². The summed E-state index contributed by atoms with van der Waals surface area (Å²) in [5.74, 6) is -0.824. The number of rotatable bonds is 2. The van der Waals surface area contributed by atoms with Crippen molar-refractivity contribution in [3.05, 3.63) is 29.8 Å². The summed E-state index contributed by atoms with van der Waals surface area (Å²) in [5, 5.41) is 23.6. The van der Waals surface area contributed by atoms with Crippen molar-refractivity contribution in [1.82, 2.24) is 5.32 Å². The van der Waals surface area contributed by atoms with Crippen LogP contribution >= 0.6 is 0 Å². The molecule has 6 heteroatoms. The molecule has 4 unspecified atom stereocenters. The fourth-order valence-electron chi connectivity index (χ4n) is 3.96. The van der Waals surface area contributed by atoms with Crippen LogP contribution in [0.25, 0.3) is 0 Å². The Morgan fingerprint density at radius 2 is 1.71 bits per heavy atom. The van der Waals surface area contributed by atoms with E-state index in [1.807, 2.05) is 24.3 Å². The van der Waals surface area contributed by atoms with E-state index in [1.165, 1.54) is 25.7 Å². The molecule has 1 aromatic carbocycles. The molecule has 0 spiro atoms. The number of nitrogens with one attached hydrogen (secondary N) is 2. The molecule has 1 aliphatic carbocycles. The highest BCUT2D eigenvalue weighted by Gasteiger charge is 2.37. The molecule has 4 rings (SSSR count). The largest absolute Gasteiger partial charge is 0.480 e. The van der Waals surface area contributed by atoms with Crippen LogP contribution in [-0.2, 0) is 16.0 Å². The van der Waals surface area contributed by atoms with E-state index < -0.39 is 18.0 Å². The average molecular weight is 332 g/mol. The van der Waals surface area contributed by atoms with Gasteiger partial charge in [0, 0.05) is 18.2 Å². The lowest BCUT2D eigenvalue weighted by Gasteiger charge is -2.24. The zero-order chi connectivity index (χ0) is 17.1. The quantitative estimate of drug-likeness (QED) is 0.662. The molecule has 4 atom stereocenters. The third kappa shape index (κ3) is 3.70. The second kappa shape index (κ2) is 7.21. The first-order valence-electron chi connectivity index (χ1n) is 8.60. The maximum Gasteiger partial charge on any atom is 0.326 e. The first kappa shape index (κ1) is 16.8. The van der Waals surface area contributed by atoms with Gasteiger partial charge < -0.3 is 20.8 Å². The maximum absolute atomic E-state index is 10.7. The van der Waals surface area contributed by atoms with Crippen molar-refractivity contribution in [2.24, 2.45) is 5.92 Å². The van der Waals surface area contributed by atoms with Gasteiger partial charge in [-0.25, -0.2) is 4.79 Å². The number of hydrogen-bond donors (Lipinski definition) is 4. The number of fused-ring (bicyclic) bond motifs is 2. The van der Waals surface area contributed by atoms with E-state index in [9.17, 15) is 9.59 Å². The van der Waals surface area contributed by atoms with Crippen molar-refractivity contribution in [3.8, 4) is 0 Å². The molecule has 0 aromatic heterocycles. The third-order valence-corrected chi connectivity index (χ3v) is 5.23. The summed E-state index contributed by atoms with van der Waals surface area (Å²) in [5.41, 5.74) is 2.04. The number of hydrogen-bond acceptors (Lipinski definition) is 4. The highest BCUT2D eigenvalue weighted by atomic mass is 16.4. The predicted octanol–water partition coefficient (Wildman–Crippen LogP) is 2.10. The molecular formula is C18H24N2O4. The number of carboxylic acids is 2. The van der Waals surface area contributed by atoms with Gasteiger partial charge in [-0.1, -0.05) is 31.0 Å². The lowest BCUT2D eigenvalue weighted by molar-refractivity contribution is -0.139. The molecule has 2 aliphatic heterocycles. The van der Waals surface area contributed by atoms with Gasteiger partial charge in [0.2, 0.25) is 0 Å². The molecule has 130 valence electrons. The summed E-state index contributed by atoms with van der Waals surface area (Å²) in [4.78, 5) is 21.3. The highest BCUT2D eigenvalue weighted by molar-refractivity contribution is 5.81. The number of anilines is 1. The van der Waals surface area contributed by atoms with Gasteiger partial charge in [0.15, 0.2) is 0 Å².